The number of nitrogen functional groups attached to an aromatic ring is 1. The third-order valence-electron chi connectivity index (χ3n) is 5.18. The van der Waals surface area contributed by atoms with E-state index in [0.717, 1.165) is 18.2 Å². The molecule has 6 heteroatoms. The third kappa shape index (κ3) is 1.88. The molecular weight excluding hydrogens is 318 g/mol. The average molecular weight is 335 g/mol. The topological polar surface area (TPSA) is 100 Å². The predicted molar refractivity (Wildman–Crippen MR) is 94.3 cm³/mol. The molecule has 0 saturated carbocycles. The molecule has 3 aromatic carbocycles. The molecule has 0 unspecified atom stereocenters. The number of aromatic hydroxyl groups is 2. The van der Waals surface area contributed by atoms with Crippen LogP contribution in [0.1, 0.15) is 12.8 Å². The van der Waals surface area contributed by atoms with Gasteiger partial charge in [0.2, 0.25) is 0 Å². The van der Waals surface area contributed by atoms with Gasteiger partial charge in [0.1, 0.15) is 11.5 Å². The van der Waals surface area contributed by atoms with Crippen LogP contribution in [-0.2, 0) is 4.74 Å². The van der Waals surface area contributed by atoms with E-state index in [1.807, 2.05) is 6.07 Å². The molecule has 0 atom stereocenters. The van der Waals surface area contributed by atoms with Crippen molar-refractivity contribution in [3.05, 3.63) is 41.0 Å². The van der Waals surface area contributed by atoms with E-state index in [9.17, 15) is 10.2 Å². The Morgan fingerprint density at radius 3 is 2.44 bits per heavy atom. The molecule has 6 nitrogen and oxygen atoms in total. The quantitative estimate of drug-likeness (QED) is 0.331. The van der Waals surface area contributed by atoms with Gasteiger partial charge in [0.05, 0.1) is 34.7 Å². The van der Waals surface area contributed by atoms with Gasteiger partial charge in [-0.3, -0.25) is 9.98 Å². The number of anilines is 1. The van der Waals surface area contributed by atoms with Gasteiger partial charge in [0.15, 0.2) is 5.66 Å². The first-order valence-corrected chi connectivity index (χ1v) is 8.32. The molecule has 1 saturated heterocycles. The number of hydrogen-bond acceptors (Lipinski definition) is 6. The molecule has 1 spiro atoms. The van der Waals surface area contributed by atoms with E-state index in [1.165, 1.54) is 0 Å². The smallest absolute Gasteiger partial charge is 0.156 e. The fourth-order valence-corrected chi connectivity index (χ4v) is 3.90. The number of phenolic OH excluding ortho intramolecular Hbond substituents is 2. The summed E-state index contributed by atoms with van der Waals surface area (Å²) in [6.45, 7) is 1.24. The van der Waals surface area contributed by atoms with Crippen LogP contribution in [0.3, 0.4) is 0 Å². The minimum atomic E-state index is -0.512. The summed E-state index contributed by atoms with van der Waals surface area (Å²) in [7, 11) is 0. The highest BCUT2D eigenvalue weighted by atomic mass is 16.5. The first-order chi connectivity index (χ1) is 12.1. The Labute approximate surface area is 142 Å². The maximum Gasteiger partial charge on any atom is 0.156 e. The van der Waals surface area contributed by atoms with Crippen molar-refractivity contribution in [1.29, 1.82) is 0 Å². The second kappa shape index (κ2) is 4.83. The maximum atomic E-state index is 10.9. The SMILES string of the molecule is Nc1cccc2c(O)c3c4c(ccc3c(O)c12)=NC1(CCOCC1)N=4. The standard InChI is InChI=1S/C19H17N3O3/c20-12-3-1-2-10-14(12)17(23)11-4-5-13-16(15(11)18(10)24)22-19(21-13)6-8-25-9-7-19/h1-5,23-24H,6-9,20H2. The minimum absolute atomic E-state index is 0.0619. The number of hydrogen-bond donors (Lipinski definition) is 3. The van der Waals surface area contributed by atoms with Gasteiger partial charge in [0, 0.05) is 29.3 Å². The Kier molecular flexibility index (Phi) is 2.80. The van der Waals surface area contributed by atoms with Gasteiger partial charge in [-0.25, -0.2) is 0 Å². The van der Waals surface area contributed by atoms with Crippen LogP contribution in [0.4, 0.5) is 5.69 Å². The van der Waals surface area contributed by atoms with Gasteiger partial charge in [0.25, 0.3) is 0 Å². The van der Waals surface area contributed by atoms with Crippen LogP contribution in [-0.4, -0.2) is 29.1 Å². The highest BCUT2D eigenvalue weighted by Gasteiger charge is 2.34. The van der Waals surface area contributed by atoms with Crippen molar-refractivity contribution in [2.24, 2.45) is 9.98 Å². The molecule has 4 N–H and O–H groups in total. The zero-order chi connectivity index (χ0) is 17.2. The summed E-state index contributed by atoms with van der Waals surface area (Å²) in [6.07, 6.45) is 1.44. The summed E-state index contributed by atoms with van der Waals surface area (Å²) in [5.41, 5.74) is 5.93. The molecular formula is C19H17N3O3. The van der Waals surface area contributed by atoms with Crippen LogP contribution in [0.5, 0.6) is 11.5 Å². The third-order valence-corrected chi connectivity index (χ3v) is 5.18. The fraction of sp³-hybridized carbons (Fsp3) is 0.263. The number of nitrogens with two attached hydrogens (primary N) is 1. The molecule has 0 radical (unpaired) electrons. The average Bonchev–Trinajstić information content (AvgIpc) is 2.96. The van der Waals surface area contributed by atoms with E-state index in [-0.39, 0.29) is 11.5 Å². The van der Waals surface area contributed by atoms with Crippen LogP contribution >= 0.6 is 0 Å². The Balaban J connectivity index is 1.94. The van der Waals surface area contributed by atoms with Crippen molar-refractivity contribution in [2.45, 2.75) is 18.5 Å². The molecule has 2 aliphatic heterocycles. The first kappa shape index (κ1) is 14.5. The Bertz CT molecular complexity index is 1160. The molecule has 0 bridgehead atoms. The van der Waals surface area contributed by atoms with Crippen molar-refractivity contribution < 1.29 is 14.9 Å². The summed E-state index contributed by atoms with van der Waals surface area (Å²) >= 11 is 0. The monoisotopic (exact) mass is 335 g/mol. The summed E-state index contributed by atoms with van der Waals surface area (Å²) in [5.74, 6) is 0.141. The molecule has 25 heavy (non-hydrogen) atoms. The largest absolute Gasteiger partial charge is 0.507 e. The number of phenols is 2. The number of fused-ring (bicyclic) bond motifs is 4. The van der Waals surface area contributed by atoms with Crippen LogP contribution in [0.2, 0.25) is 0 Å². The Hall–Kier alpha value is -2.86. The highest BCUT2D eigenvalue weighted by molar-refractivity contribution is 6.14. The second-order valence-electron chi connectivity index (χ2n) is 6.64. The second-order valence-corrected chi connectivity index (χ2v) is 6.64. The lowest BCUT2D eigenvalue weighted by molar-refractivity contribution is 0.0566. The maximum absolute atomic E-state index is 10.9. The Morgan fingerprint density at radius 2 is 1.64 bits per heavy atom. The molecule has 1 fully saturated rings. The fourth-order valence-electron chi connectivity index (χ4n) is 3.90. The number of nitrogens with zero attached hydrogens (tertiary/aromatic N) is 2. The van der Waals surface area contributed by atoms with Crippen molar-refractivity contribution >= 4 is 27.2 Å². The van der Waals surface area contributed by atoms with E-state index in [1.54, 1.807) is 24.3 Å². The van der Waals surface area contributed by atoms with E-state index in [4.69, 9.17) is 20.5 Å². The molecule has 2 heterocycles. The summed E-state index contributed by atoms with van der Waals surface area (Å²) in [4.78, 5) is 9.65. The zero-order valence-electron chi connectivity index (χ0n) is 13.5. The summed E-state index contributed by atoms with van der Waals surface area (Å²) < 4.78 is 5.43. The normalized spacial score (nSPS) is 18.2. The van der Waals surface area contributed by atoms with Crippen LogP contribution < -0.4 is 16.4 Å². The molecule has 3 aromatic rings. The molecule has 0 aromatic heterocycles. The molecule has 5 rings (SSSR count). The van der Waals surface area contributed by atoms with Gasteiger partial charge < -0.3 is 20.7 Å². The van der Waals surface area contributed by atoms with Gasteiger partial charge >= 0.3 is 0 Å². The number of benzene rings is 3. The van der Waals surface area contributed by atoms with Crippen molar-refractivity contribution in [1.82, 2.24) is 0 Å². The van der Waals surface area contributed by atoms with Crippen molar-refractivity contribution in [3.8, 4) is 11.5 Å². The molecule has 0 amide bonds. The highest BCUT2D eigenvalue weighted by Crippen LogP contribution is 2.42. The lowest BCUT2D eigenvalue weighted by Crippen LogP contribution is -2.31. The predicted octanol–water partition coefficient (Wildman–Crippen LogP) is 1.75. The lowest BCUT2D eigenvalue weighted by Gasteiger charge is -2.27. The minimum Gasteiger partial charge on any atom is -0.507 e. The van der Waals surface area contributed by atoms with E-state index in [0.29, 0.717) is 45.8 Å². The van der Waals surface area contributed by atoms with Gasteiger partial charge in [-0.2, -0.15) is 0 Å². The van der Waals surface area contributed by atoms with E-state index >= 15 is 0 Å². The molecule has 2 aliphatic rings. The van der Waals surface area contributed by atoms with E-state index in [2.05, 4.69) is 0 Å². The van der Waals surface area contributed by atoms with Crippen LogP contribution in [0.25, 0.3) is 21.5 Å². The van der Waals surface area contributed by atoms with E-state index < -0.39 is 5.66 Å². The lowest BCUT2D eigenvalue weighted by atomic mass is 9.99. The van der Waals surface area contributed by atoms with Crippen molar-refractivity contribution in [3.63, 3.8) is 0 Å². The number of ether oxygens (including phenoxy) is 1. The number of rotatable bonds is 0. The molecule has 126 valence electrons. The van der Waals surface area contributed by atoms with Gasteiger partial charge in [-0.15, -0.1) is 0 Å². The van der Waals surface area contributed by atoms with Crippen LogP contribution in [0, 0.1) is 0 Å². The van der Waals surface area contributed by atoms with Crippen LogP contribution in [0.15, 0.2) is 40.3 Å². The summed E-state index contributed by atoms with van der Waals surface area (Å²) in [6, 6.07) is 8.82. The van der Waals surface area contributed by atoms with Crippen molar-refractivity contribution in [2.75, 3.05) is 18.9 Å². The van der Waals surface area contributed by atoms with Gasteiger partial charge in [-0.1, -0.05) is 12.1 Å². The summed E-state index contributed by atoms with van der Waals surface area (Å²) in [5, 5.41) is 25.1. The molecule has 0 aliphatic carbocycles. The zero-order valence-corrected chi connectivity index (χ0v) is 13.5. The first-order valence-electron chi connectivity index (χ1n) is 8.32. The van der Waals surface area contributed by atoms with Gasteiger partial charge in [-0.05, 0) is 18.2 Å². The Morgan fingerprint density at radius 1 is 0.920 bits per heavy atom.